The Morgan fingerprint density at radius 3 is 2.85 bits per heavy atom. The molecule has 1 saturated heterocycles. The van der Waals surface area contributed by atoms with Crippen molar-refractivity contribution in [3.8, 4) is 0 Å². The molecule has 1 aromatic carbocycles. The lowest BCUT2D eigenvalue weighted by Gasteiger charge is -2.37. The molecule has 7 heteroatoms. The van der Waals surface area contributed by atoms with E-state index in [1.165, 1.54) is 10.4 Å². The number of ether oxygens (including phenoxy) is 1. The maximum absolute atomic E-state index is 12.9. The highest BCUT2D eigenvalue weighted by Gasteiger charge is 2.36. The summed E-state index contributed by atoms with van der Waals surface area (Å²) in [6.07, 6.45) is 0.610. The Morgan fingerprint density at radius 1 is 1.50 bits per heavy atom. The second-order valence-electron chi connectivity index (χ2n) is 4.97. The van der Waals surface area contributed by atoms with Crippen LogP contribution < -0.4 is 5.73 Å². The summed E-state index contributed by atoms with van der Waals surface area (Å²) in [6, 6.07) is 4.69. The first-order valence-electron chi connectivity index (χ1n) is 6.54. The molecule has 5 nitrogen and oxygen atoms in total. The van der Waals surface area contributed by atoms with Crippen LogP contribution in [0, 0.1) is 0 Å². The Balaban J connectivity index is 2.44. The molecule has 2 unspecified atom stereocenters. The van der Waals surface area contributed by atoms with E-state index in [0.29, 0.717) is 29.7 Å². The number of anilines is 1. The molecule has 0 aromatic heterocycles. The van der Waals surface area contributed by atoms with Gasteiger partial charge in [-0.1, -0.05) is 6.92 Å². The van der Waals surface area contributed by atoms with Crippen LogP contribution in [0.5, 0.6) is 0 Å². The first-order chi connectivity index (χ1) is 9.36. The average molecular weight is 363 g/mol. The van der Waals surface area contributed by atoms with E-state index < -0.39 is 10.0 Å². The highest BCUT2D eigenvalue weighted by atomic mass is 79.9. The van der Waals surface area contributed by atoms with E-state index in [1.54, 1.807) is 12.1 Å². The van der Waals surface area contributed by atoms with E-state index in [4.69, 9.17) is 10.5 Å². The molecule has 0 aliphatic carbocycles. The van der Waals surface area contributed by atoms with Crippen LogP contribution in [-0.4, -0.2) is 38.0 Å². The molecule has 112 valence electrons. The Morgan fingerprint density at radius 2 is 2.20 bits per heavy atom. The van der Waals surface area contributed by atoms with Gasteiger partial charge >= 0.3 is 0 Å². The lowest BCUT2D eigenvalue weighted by Crippen LogP contribution is -2.51. The van der Waals surface area contributed by atoms with E-state index in [0.717, 1.165) is 0 Å². The number of nitrogen functional groups attached to an aromatic ring is 1. The molecule has 1 aliphatic rings. The molecule has 1 aliphatic heterocycles. The van der Waals surface area contributed by atoms with Crippen molar-refractivity contribution in [2.45, 2.75) is 37.3 Å². The van der Waals surface area contributed by atoms with Crippen LogP contribution in [0.1, 0.15) is 20.3 Å². The summed E-state index contributed by atoms with van der Waals surface area (Å²) in [7, 11) is -3.58. The Bertz CT molecular complexity index is 591. The van der Waals surface area contributed by atoms with Crippen LogP contribution in [0.4, 0.5) is 5.69 Å². The van der Waals surface area contributed by atoms with Crippen LogP contribution in [0.3, 0.4) is 0 Å². The van der Waals surface area contributed by atoms with Crippen molar-refractivity contribution in [1.82, 2.24) is 4.31 Å². The number of benzene rings is 1. The van der Waals surface area contributed by atoms with Gasteiger partial charge in [0.25, 0.3) is 0 Å². The van der Waals surface area contributed by atoms with Gasteiger partial charge in [0, 0.05) is 22.7 Å². The first-order valence-corrected chi connectivity index (χ1v) is 8.78. The van der Waals surface area contributed by atoms with Gasteiger partial charge in [-0.15, -0.1) is 0 Å². The van der Waals surface area contributed by atoms with Crippen molar-refractivity contribution >= 4 is 31.6 Å². The number of nitrogens with zero attached hydrogens (tertiary/aromatic N) is 1. The highest BCUT2D eigenvalue weighted by Crippen LogP contribution is 2.30. The smallest absolute Gasteiger partial charge is 0.244 e. The molecule has 0 radical (unpaired) electrons. The molecule has 2 rings (SSSR count). The molecule has 0 spiro atoms. The predicted molar refractivity (Wildman–Crippen MR) is 81.9 cm³/mol. The number of hydrogen-bond acceptors (Lipinski definition) is 4. The zero-order valence-electron chi connectivity index (χ0n) is 11.5. The van der Waals surface area contributed by atoms with E-state index >= 15 is 0 Å². The fourth-order valence-electron chi connectivity index (χ4n) is 2.27. The fraction of sp³-hybridized carbons (Fsp3) is 0.538. The van der Waals surface area contributed by atoms with Crippen molar-refractivity contribution < 1.29 is 13.2 Å². The number of rotatable bonds is 3. The van der Waals surface area contributed by atoms with Crippen LogP contribution in [-0.2, 0) is 14.8 Å². The summed E-state index contributed by atoms with van der Waals surface area (Å²) in [4.78, 5) is 0.213. The van der Waals surface area contributed by atoms with Gasteiger partial charge in [0.05, 0.1) is 17.6 Å². The molecule has 0 saturated carbocycles. The molecule has 0 bridgehead atoms. The van der Waals surface area contributed by atoms with E-state index in [2.05, 4.69) is 15.9 Å². The molecule has 2 N–H and O–H groups in total. The number of hydrogen-bond donors (Lipinski definition) is 1. The molecule has 0 amide bonds. The molecular formula is C13H19BrN2O3S. The second kappa shape index (κ2) is 6.01. The molecule has 1 heterocycles. The zero-order valence-corrected chi connectivity index (χ0v) is 13.9. The number of sulfonamides is 1. The van der Waals surface area contributed by atoms with Crippen LogP contribution in [0.15, 0.2) is 27.6 Å². The van der Waals surface area contributed by atoms with Gasteiger partial charge in [0.2, 0.25) is 10.0 Å². The second-order valence-corrected chi connectivity index (χ2v) is 7.68. The Labute approximate surface area is 128 Å². The Kier molecular flexibility index (Phi) is 4.73. The molecule has 1 fully saturated rings. The van der Waals surface area contributed by atoms with Crippen LogP contribution in [0.25, 0.3) is 0 Å². The summed E-state index contributed by atoms with van der Waals surface area (Å²) in [5.74, 6) is 0. The van der Waals surface area contributed by atoms with Crippen molar-refractivity contribution in [3.63, 3.8) is 0 Å². The third-order valence-electron chi connectivity index (χ3n) is 3.43. The third kappa shape index (κ3) is 3.00. The standard InChI is InChI=1S/C13H19BrN2O3S/c1-3-11-8-19-9(2)7-16(11)20(17,18)13-6-10(15)4-5-12(13)14/h4-6,9,11H,3,7-8,15H2,1-2H3. The van der Waals surface area contributed by atoms with Gasteiger partial charge < -0.3 is 10.5 Å². The van der Waals surface area contributed by atoms with Gasteiger partial charge in [-0.05, 0) is 47.5 Å². The molecule has 2 atom stereocenters. The minimum absolute atomic E-state index is 0.104. The van der Waals surface area contributed by atoms with E-state index in [-0.39, 0.29) is 17.0 Å². The van der Waals surface area contributed by atoms with Gasteiger partial charge in [-0.2, -0.15) is 4.31 Å². The highest BCUT2D eigenvalue weighted by molar-refractivity contribution is 9.10. The topological polar surface area (TPSA) is 72.6 Å². The number of nitrogens with two attached hydrogens (primary N) is 1. The maximum atomic E-state index is 12.9. The summed E-state index contributed by atoms with van der Waals surface area (Å²) in [5, 5.41) is 0. The summed E-state index contributed by atoms with van der Waals surface area (Å²) in [6.45, 7) is 4.63. The van der Waals surface area contributed by atoms with Crippen molar-refractivity contribution in [3.05, 3.63) is 22.7 Å². The van der Waals surface area contributed by atoms with Gasteiger partial charge in [-0.3, -0.25) is 0 Å². The van der Waals surface area contributed by atoms with E-state index in [1.807, 2.05) is 13.8 Å². The summed E-state index contributed by atoms with van der Waals surface area (Å²) >= 11 is 3.30. The minimum atomic E-state index is -3.58. The average Bonchev–Trinajstić information content (AvgIpc) is 2.41. The van der Waals surface area contributed by atoms with Crippen LogP contribution in [0.2, 0.25) is 0 Å². The monoisotopic (exact) mass is 362 g/mol. The van der Waals surface area contributed by atoms with Crippen LogP contribution >= 0.6 is 15.9 Å². The van der Waals surface area contributed by atoms with Crippen molar-refractivity contribution in [1.29, 1.82) is 0 Å². The molecule has 1 aromatic rings. The number of halogens is 1. The summed E-state index contributed by atoms with van der Waals surface area (Å²) < 4.78 is 33.3. The fourth-order valence-corrected chi connectivity index (χ4v) is 4.99. The molecular weight excluding hydrogens is 344 g/mol. The van der Waals surface area contributed by atoms with Crippen molar-refractivity contribution in [2.75, 3.05) is 18.9 Å². The normalized spacial score (nSPS) is 24.8. The largest absolute Gasteiger partial charge is 0.399 e. The number of morpholine rings is 1. The lowest BCUT2D eigenvalue weighted by atomic mass is 10.2. The minimum Gasteiger partial charge on any atom is -0.399 e. The van der Waals surface area contributed by atoms with Gasteiger partial charge in [0.1, 0.15) is 0 Å². The Hall–Kier alpha value is -0.630. The quantitative estimate of drug-likeness (QED) is 0.836. The van der Waals surface area contributed by atoms with Gasteiger partial charge in [-0.25, -0.2) is 8.42 Å². The lowest BCUT2D eigenvalue weighted by molar-refractivity contribution is -0.0230. The molecule has 20 heavy (non-hydrogen) atoms. The third-order valence-corrected chi connectivity index (χ3v) is 6.34. The zero-order chi connectivity index (χ0) is 14.9. The predicted octanol–water partition coefficient (Wildman–Crippen LogP) is 2.22. The van der Waals surface area contributed by atoms with E-state index in [9.17, 15) is 8.42 Å². The van der Waals surface area contributed by atoms with Gasteiger partial charge in [0.15, 0.2) is 0 Å². The van der Waals surface area contributed by atoms with Crippen molar-refractivity contribution in [2.24, 2.45) is 0 Å². The SMILES string of the molecule is CCC1COC(C)CN1S(=O)(=O)c1cc(N)ccc1Br. The maximum Gasteiger partial charge on any atom is 0.244 e. The first kappa shape index (κ1) is 15.8. The summed E-state index contributed by atoms with van der Waals surface area (Å²) in [5.41, 5.74) is 6.15.